The first-order chi connectivity index (χ1) is 29.5. The molecule has 0 bridgehead atoms. The maximum absolute atomic E-state index is 15.1. The Morgan fingerprint density at radius 2 is 1.69 bits per heavy atom. The molecule has 4 aromatic heterocycles. The summed E-state index contributed by atoms with van der Waals surface area (Å²) in [7, 11) is -2.45. The third-order valence-electron chi connectivity index (χ3n) is 12.4. The zero-order valence-electron chi connectivity index (χ0n) is 34.5. The lowest BCUT2D eigenvalue weighted by Crippen LogP contribution is -2.40. The van der Waals surface area contributed by atoms with Crippen molar-refractivity contribution >= 4 is 26.5 Å². The highest BCUT2D eigenvalue weighted by Gasteiger charge is 2.37. The molecular weight excluding hydrogens is 798 g/mol. The van der Waals surface area contributed by atoms with Crippen LogP contribution in [0.25, 0.3) is 28.1 Å². The van der Waals surface area contributed by atoms with E-state index in [-0.39, 0.29) is 24.0 Å². The van der Waals surface area contributed by atoms with Gasteiger partial charge in [0.05, 0.1) is 32.8 Å². The number of amides is 1. The van der Waals surface area contributed by atoms with E-state index in [1.54, 1.807) is 74.2 Å². The second kappa shape index (κ2) is 15.1. The Hall–Kier alpha value is -6.13. The van der Waals surface area contributed by atoms with Crippen LogP contribution in [0.2, 0.25) is 0 Å². The lowest BCUT2D eigenvalue weighted by atomic mass is 9.91. The lowest BCUT2D eigenvalue weighted by molar-refractivity contribution is 0.0666. The van der Waals surface area contributed by atoms with Gasteiger partial charge in [0.1, 0.15) is 23.9 Å². The molecule has 3 aliphatic heterocycles. The number of fused-ring (bicyclic) bond motifs is 2. The predicted molar refractivity (Wildman–Crippen MR) is 227 cm³/mol. The van der Waals surface area contributed by atoms with Gasteiger partial charge in [-0.25, -0.2) is 22.4 Å². The number of carbonyl (C=O) groups excluding carboxylic acids is 1. The average molecular weight is 844 g/mol. The van der Waals surface area contributed by atoms with Crippen molar-refractivity contribution < 1.29 is 22.5 Å². The first kappa shape index (κ1) is 39.0. The molecule has 0 unspecified atom stereocenters. The number of rotatable bonds is 8. The smallest absolute Gasteiger partial charge is 0.338 e. The molecule has 1 fully saturated rings. The van der Waals surface area contributed by atoms with Crippen LogP contribution in [-0.2, 0) is 27.4 Å². The highest BCUT2D eigenvalue weighted by atomic mass is 32.2. The summed E-state index contributed by atoms with van der Waals surface area (Å²) in [6, 6.07) is 18.4. The molecule has 0 spiro atoms. The number of halogens is 1. The molecule has 1 saturated heterocycles. The van der Waals surface area contributed by atoms with Gasteiger partial charge in [0.15, 0.2) is 0 Å². The molecule has 0 aliphatic carbocycles. The highest BCUT2D eigenvalue weighted by molar-refractivity contribution is 7.93. The number of hydrogen-bond donors (Lipinski definition) is 0. The summed E-state index contributed by atoms with van der Waals surface area (Å²) < 4.78 is 50.9. The number of aryl methyl sites for hydroxylation is 3. The number of ether oxygens (including phenoxy) is 1. The summed E-state index contributed by atoms with van der Waals surface area (Å²) in [6.45, 7) is 9.72. The minimum absolute atomic E-state index is 0.192. The molecule has 1 amide bonds. The second-order valence-electron chi connectivity index (χ2n) is 16.3. The number of benzene rings is 3. The van der Waals surface area contributed by atoms with Gasteiger partial charge in [-0.05, 0) is 117 Å². The molecule has 314 valence electrons. The molecule has 7 heterocycles. The van der Waals surface area contributed by atoms with Crippen molar-refractivity contribution in [3.8, 4) is 17.2 Å². The van der Waals surface area contributed by atoms with Crippen LogP contribution in [0.15, 0.2) is 91.5 Å². The topological polar surface area (TPSA) is 148 Å². The summed E-state index contributed by atoms with van der Waals surface area (Å²) >= 11 is 0. The first-order valence-electron chi connectivity index (χ1n) is 20.8. The quantitative estimate of drug-likeness (QED) is 0.157. The van der Waals surface area contributed by atoms with E-state index in [1.165, 1.54) is 14.7 Å². The van der Waals surface area contributed by atoms with Crippen molar-refractivity contribution in [3.63, 3.8) is 0 Å². The third kappa shape index (κ3) is 6.72. The van der Waals surface area contributed by atoms with Gasteiger partial charge >= 0.3 is 5.69 Å². The van der Waals surface area contributed by atoms with E-state index < -0.39 is 15.8 Å². The Bertz CT molecular complexity index is 3030. The number of carbonyl (C=O) groups is 1. The molecule has 0 saturated carbocycles. The Morgan fingerprint density at radius 3 is 2.39 bits per heavy atom. The molecule has 3 aromatic carbocycles. The van der Waals surface area contributed by atoms with Crippen molar-refractivity contribution in [1.29, 1.82) is 0 Å². The molecule has 61 heavy (non-hydrogen) atoms. The Kier molecular flexibility index (Phi) is 9.66. The molecule has 14 nitrogen and oxygen atoms in total. The Balaban J connectivity index is 1.07. The van der Waals surface area contributed by atoms with E-state index in [0.717, 1.165) is 49.1 Å². The normalized spacial score (nSPS) is 19.4. The molecule has 16 heteroatoms. The van der Waals surface area contributed by atoms with Crippen molar-refractivity contribution in [2.24, 2.45) is 4.36 Å². The Morgan fingerprint density at radius 1 is 0.934 bits per heavy atom. The second-order valence-corrected chi connectivity index (χ2v) is 18.7. The highest BCUT2D eigenvalue weighted by Crippen LogP contribution is 2.38. The van der Waals surface area contributed by atoms with Crippen molar-refractivity contribution in [2.75, 3.05) is 32.1 Å². The van der Waals surface area contributed by atoms with Crippen LogP contribution in [0.4, 0.5) is 4.39 Å². The van der Waals surface area contributed by atoms with E-state index >= 15 is 9.18 Å². The fourth-order valence-corrected chi connectivity index (χ4v) is 11.3. The fourth-order valence-electron chi connectivity index (χ4n) is 9.28. The van der Waals surface area contributed by atoms with E-state index in [9.17, 15) is 9.00 Å². The van der Waals surface area contributed by atoms with Crippen LogP contribution in [-0.4, -0.2) is 80.8 Å². The van der Waals surface area contributed by atoms with Gasteiger partial charge in [-0.1, -0.05) is 6.07 Å². The van der Waals surface area contributed by atoms with Crippen LogP contribution in [0.3, 0.4) is 0 Å². The minimum atomic E-state index is -2.45. The van der Waals surface area contributed by atoms with Gasteiger partial charge in [0.2, 0.25) is 11.8 Å². The van der Waals surface area contributed by atoms with Gasteiger partial charge in [-0.2, -0.15) is 5.10 Å². The van der Waals surface area contributed by atoms with Gasteiger partial charge in [-0.15, -0.1) is 10.2 Å². The molecule has 7 aromatic rings. The van der Waals surface area contributed by atoms with E-state index in [4.69, 9.17) is 14.3 Å². The lowest BCUT2D eigenvalue weighted by Gasteiger charge is -2.33. The number of imidazole rings is 1. The third-order valence-corrected chi connectivity index (χ3v) is 14.9. The maximum atomic E-state index is 15.1. The van der Waals surface area contributed by atoms with Crippen LogP contribution in [0, 0.1) is 26.6 Å². The van der Waals surface area contributed by atoms with E-state index in [2.05, 4.69) is 32.8 Å². The van der Waals surface area contributed by atoms with Crippen LogP contribution >= 0.6 is 0 Å². The molecule has 0 radical (unpaired) electrons. The summed E-state index contributed by atoms with van der Waals surface area (Å²) in [4.78, 5) is 32.2. The van der Waals surface area contributed by atoms with Gasteiger partial charge in [0.25, 0.3) is 5.91 Å². The minimum Gasteiger partial charge on any atom is -0.424 e. The van der Waals surface area contributed by atoms with E-state index in [0.29, 0.717) is 87.4 Å². The van der Waals surface area contributed by atoms with Gasteiger partial charge < -0.3 is 18.6 Å². The van der Waals surface area contributed by atoms with Crippen molar-refractivity contribution in [2.45, 2.75) is 76.8 Å². The summed E-state index contributed by atoms with van der Waals surface area (Å²) in [5.74, 6) is 1.69. The molecular formula is C45H46FN9O5S. The maximum Gasteiger partial charge on any atom is 0.338 e. The van der Waals surface area contributed by atoms with E-state index in [1.807, 2.05) is 22.5 Å². The monoisotopic (exact) mass is 843 g/mol. The van der Waals surface area contributed by atoms with Crippen molar-refractivity contribution in [3.05, 3.63) is 135 Å². The Labute approximate surface area is 351 Å². The standard InChI is InChI=1S/C45H46FN9O5S/c1-27-22-35(23-28(2)42(27)46)55-43(53-18-17-52(45(53)57)34-7-9-36(10-8-34)61(58)21-5-15-47-61)41-29(3)51(16-12-37(41)50-55)44(56)39-25-33-24-32(31-13-19-59-20-14-31)6-11-38(33)54(39)26-40-49-48-30(4)60-40/h6-11,17-18,22-25,29,31H,5,12-16,19-21,26H2,1-4H3/t29-,61+/m0/s1. The largest absolute Gasteiger partial charge is 0.424 e. The summed E-state index contributed by atoms with van der Waals surface area (Å²) in [6.07, 6.45) is 6.47. The van der Waals surface area contributed by atoms with Crippen LogP contribution in [0.5, 0.6) is 0 Å². The summed E-state index contributed by atoms with van der Waals surface area (Å²) in [5, 5.41) is 14.3. The molecule has 10 rings (SSSR count). The zero-order chi connectivity index (χ0) is 42.2. The number of nitrogens with zero attached hydrogens (tertiary/aromatic N) is 9. The zero-order valence-corrected chi connectivity index (χ0v) is 35.3. The summed E-state index contributed by atoms with van der Waals surface area (Å²) in [5.41, 5.74) is 5.73. The SMILES string of the molecule is Cc1nnc(Cn2c(C(=O)N3CCc4nn(-c5cc(C)c(F)c(C)c5)c(-n5ccn(-c6ccc([S@@]7(=O)=NCCC7)cc6)c5=O)c4[C@@H]3C)cc3cc(C4CCOCC4)ccc32)o1. The van der Waals surface area contributed by atoms with Crippen LogP contribution in [0.1, 0.15) is 88.4 Å². The fraction of sp³-hybridized carbons (Fsp3) is 0.356. The number of aromatic nitrogens is 7. The predicted octanol–water partition coefficient (Wildman–Crippen LogP) is 7.15. The first-order valence-corrected chi connectivity index (χ1v) is 22.5. The van der Waals surface area contributed by atoms with Gasteiger partial charge in [0, 0.05) is 79.2 Å². The number of hydrogen-bond acceptors (Lipinski definition) is 9. The van der Waals surface area contributed by atoms with Crippen molar-refractivity contribution in [1.82, 2.24) is 38.6 Å². The van der Waals surface area contributed by atoms with Crippen LogP contribution < -0.4 is 5.69 Å². The molecule has 0 N–H and O–H groups in total. The average Bonchev–Trinajstić information content (AvgIpc) is 4.12. The van der Waals surface area contributed by atoms with Gasteiger partial charge in [-0.3, -0.25) is 13.9 Å². The molecule has 2 atom stereocenters. The molecule has 3 aliphatic rings.